The van der Waals surface area contributed by atoms with E-state index in [9.17, 15) is 0 Å². The Labute approximate surface area is 61.9 Å². The summed E-state index contributed by atoms with van der Waals surface area (Å²) < 4.78 is 0. The quantitative estimate of drug-likeness (QED) is 0.541. The minimum atomic E-state index is 0.934. The second-order valence-corrected chi connectivity index (χ2v) is 2.86. The number of nitrogens with two attached hydrogens (primary N) is 1. The Bertz CT molecular complexity index is 226. The highest BCUT2D eigenvalue weighted by Crippen LogP contribution is 2.23. The lowest BCUT2D eigenvalue weighted by atomic mass is 9.95. The minimum absolute atomic E-state index is 0.934. The second kappa shape index (κ2) is 2.33. The van der Waals surface area contributed by atoms with Gasteiger partial charge in [-0.2, -0.15) is 0 Å². The first-order valence-electron chi connectivity index (χ1n) is 3.43. The molecule has 0 fully saturated rings. The maximum Gasteiger partial charge on any atom is 0.0336 e. The molecule has 2 N–H and O–H groups in total. The summed E-state index contributed by atoms with van der Waals surface area (Å²) in [6, 6.07) is 0. The van der Waals surface area contributed by atoms with Crippen molar-refractivity contribution in [3.8, 4) is 0 Å². The highest BCUT2D eigenvalue weighted by atomic mass is 14.6. The molecule has 0 spiro atoms. The van der Waals surface area contributed by atoms with Crippen molar-refractivity contribution < 1.29 is 0 Å². The van der Waals surface area contributed by atoms with E-state index in [1.54, 1.807) is 0 Å². The van der Waals surface area contributed by atoms with Gasteiger partial charge in [-0.15, -0.1) is 0 Å². The van der Waals surface area contributed by atoms with Gasteiger partial charge in [0.2, 0.25) is 0 Å². The molecule has 0 aliphatic heterocycles. The van der Waals surface area contributed by atoms with Crippen molar-refractivity contribution in [2.24, 2.45) is 5.73 Å². The summed E-state index contributed by atoms with van der Waals surface area (Å²) in [7, 11) is 0. The molecule has 0 saturated carbocycles. The monoisotopic (exact) mass is 135 g/mol. The zero-order valence-electron chi connectivity index (χ0n) is 6.57. The third-order valence-corrected chi connectivity index (χ3v) is 1.80. The van der Waals surface area contributed by atoms with Crippen molar-refractivity contribution in [2.75, 3.05) is 0 Å². The smallest absolute Gasteiger partial charge is 0.0336 e. The predicted octanol–water partition coefficient (Wildman–Crippen LogP) is 2.13. The number of hydrogen-bond donors (Lipinski definition) is 1. The summed E-state index contributed by atoms with van der Waals surface area (Å²) in [5, 5.41) is 0. The fourth-order valence-electron chi connectivity index (χ4n) is 1.21. The van der Waals surface area contributed by atoms with Crippen molar-refractivity contribution in [1.82, 2.24) is 0 Å². The molecule has 0 aromatic rings. The summed E-state index contributed by atoms with van der Waals surface area (Å²) in [6.07, 6.45) is 2.98. The van der Waals surface area contributed by atoms with Crippen LogP contribution < -0.4 is 5.73 Å². The summed E-state index contributed by atoms with van der Waals surface area (Å²) in [6.45, 7) is 7.95. The van der Waals surface area contributed by atoms with Gasteiger partial charge < -0.3 is 5.73 Å². The van der Waals surface area contributed by atoms with Crippen LogP contribution in [0.25, 0.3) is 0 Å². The fraction of sp³-hybridized carbons (Fsp3) is 0.333. The zero-order valence-corrected chi connectivity index (χ0v) is 6.57. The van der Waals surface area contributed by atoms with E-state index in [0.717, 1.165) is 23.3 Å². The number of hydrogen-bond acceptors (Lipinski definition) is 1. The molecule has 1 aliphatic carbocycles. The molecule has 1 aliphatic rings. The average molecular weight is 135 g/mol. The molecule has 1 nitrogen and oxygen atoms in total. The maximum atomic E-state index is 5.75. The summed E-state index contributed by atoms with van der Waals surface area (Å²) in [4.78, 5) is 0. The Morgan fingerprint density at radius 2 is 2.10 bits per heavy atom. The Morgan fingerprint density at radius 1 is 1.50 bits per heavy atom. The third-order valence-electron chi connectivity index (χ3n) is 1.80. The fourth-order valence-corrected chi connectivity index (χ4v) is 1.21. The normalized spacial score (nSPS) is 19.4. The van der Waals surface area contributed by atoms with Gasteiger partial charge in [-0.25, -0.2) is 0 Å². The van der Waals surface area contributed by atoms with Crippen LogP contribution in [-0.2, 0) is 0 Å². The van der Waals surface area contributed by atoms with E-state index in [4.69, 9.17) is 5.73 Å². The van der Waals surface area contributed by atoms with Crippen LogP contribution in [0.5, 0.6) is 0 Å². The van der Waals surface area contributed by atoms with E-state index >= 15 is 0 Å². The molecule has 0 unspecified atom stereocenters. The largest absolute Gasteiger partial charge is 0.399 e. The summed E-state index contributed by atoms with van der Waals surface area (Å²) in [5.41, 5.74) is 10.2. The Kier molecular flexibility index (Phi) is 1.66. The molecule has 0 atom stereocenters. The second-order valence-electron chi connectivity index (χ2n) is 2.86. The lowest BCUT2D eigenvalue weighted by Gasteiger charge is -2.14. The molecule has 0 bridgehead atoms. The van der Waals surface area contributed by atoms with Crippen LogP contribution in [0.1, 0.15) is 20.3 Å². The summed E-state index contributed by atoms with van der Waals surface area (Å²) in [5.74, 6) is 0. The van der Waals surface area contributed by atoms with Crippen LogP contribution in [0.15, 0.2) is 35.1 Å². The molecular formula is C9H13N. The van der Waals surface area contributed by atoms with Crippen molar-refractivity contribution >= 4 is 0 Å². The van der Waals surface area contributed by atoms with E-state index in [-0.39, 0.29) is 0 Å². The standard InChI is InChI=1S/C9H13N/c1-6-4-7(2)9(10)8(3)5-6/h4H,1,5,10H2,2-3H3. The third kappa shape index (κ3) is 1.13. The molecule has 0 saturated heterocycles. The van der Waals surface area contributed by atoms with E-state index in [1.165, 1.54) is 5.57 Å². The Morgan fingerprint density at radius 3 is 2.60 bits per heavy atom. The Balaban J connectivity index is 3.01. The van der Waals surface area contributed by atoms with E-state index in [0.29, 0.717) is 0 Å². The molecule has 0 aromatic carbocycles. The first-order valence-corrected chi connectivity index (χ1v) is 3.43. The van der Waals surface area contributed by atoms with Crippen LogP contribution in [-0.4, -0.2) is 0 Å². The van der Waals surface area contributed by atoms with Gasteiger partial charge in [0, 0.05) is 5.70 Å². The molecule has 0 amide bonds. The van der Waals surface area contributed by atoms with Gasteiger partial charge in [-0.1, -0.05) is 18.2 Å². The maximum absolute atomic E-state index is 5.75. The highest BCUT2D eigenvalue weighted by Gasteiger charge is 2.07. The van der Waals surface area contributed by atoms with Gasteiger partial charge in [0.25, 0.3) is 0 Å². The minimum Gasteiger partial charge on any atom is -0.399 e. The molecule has 1 heteroatoms. The molecule has 54 valence electrons. The molecule has 0 heterocycles. The van der Waals surface area contributed by atoms with Crippen LogP contribution in [0.2, 0.25) is 0 Å². The van der Waals surface area contributed by atoms with Gasteiger partial charge >= 0.3 is 0 Å². The van der Waals surface area contributed by atoms with E-state index < -0.39 is 0 Å². The van der Waals surface area contributed by atoms with Crippen molar-refractivity contribution in [3.05, 3.63) is 35.1 Å². The number of allylic oxidation sites excluding steroid dienone is 4. The first kappa shape index (κ1) is 7.13. The molecule has 10 heavy (non-hydrogen) atoms. The SMILES string of the molecule is C=C1C=C(C)C(N)=C(C)C1. The summed E-state index contributed by atoms with van der Waals surface area (Å²) >= 11 is 0. The van der Waals surface area contributed by atoms with Gasteiger partial charge in [0.05, 0.1) is 0 Å². The van der Waals surface area contributed by atoms with E-state index in [1.807, 2.05) is 13.0 Å². The van der Waals surface area contributed by atoms with Gasteiger partial charge in [0.1, 0.15) is 0 Å². The first-order chi connectivity index (χ1) is 4.61. The lowest BCUT2D eigenvalue weighted by molar-refractivity contribution is 1.05. The molecule has 0 radical (unpaired) electrons. The van der Waals surface area contributed by atoms with Crippen molar-refractivity contribution in [1.29, 1.82) is 0 Å². The lowest BCUT2D eigenvalue weighted by Crippen LogP contribution is -2.06. The van der Waals surface area contributed by atoms with Crippen LogP contribution in [0, 0.1) is 0 Å². The molecule has 0 aromatic heterocycles. The van der Waals surface area contributed by atoms with Gasteiger partial charge in [-0.05, 0) is 31.4 Å². The van der Waals surface area contributed by atoms with Crippen molar-refractivity contribution in [3.63, 3.8) is 0 Å². The van der Waals surface area contributed by atoms with Crippen LogP contribution in [0.3, 0.4) is 0 Å². The average Bonchev–Trinajstić information content (AvgIpc) is 1.82. The van der Waals surface area contributed by atoms with Gasteiger partial charge in [-0.3, -0.25) is 0 Å². The Hall–Kier alpha value is -0.980. The molecular weight excluding hydrogens is 122 g/mol. The van der Waals surface area contributed by atoms with Gasteiger partial charge in [0.15, 0.2) is 0 Å². The van der Waals surface area contributed by atoms with E-state index in [2.05, 4.69) is 13.5 Å². The zero-order chi connectivity index (χ0) is 7.72. The van der Waals surface area contributed by atoms with Crippen molar-refractivity contribution in [2.45, 2.75) is 20.3 Å². The predicted molar refractivity (Wildman–Crippen MR) is 44.4 cm³/mol. The number of rotatable bonds is 0. The topological polar surface area (TPSA) is 26.0 Å². The molecule has 1 rings (SSSR count). The highest BCUT2D eigenvalue weighted by molar-refractivity contribution is 5.42. The van der Waals surface area contributed by atoms with Crippen LogP contribution >= 0.6 is 0 Å². The van der Waals surface area contributed by atoms with Crippen LogP contribution in [0.4, 0.5) is 0 Å².